The predicted molar refractivity (Wildman–Crippen MR) is 65.8 cm³/mol. The highest BCUT2D eigenvalue weighted by Gasteiger charge is 2.49. The molecule has 1 saturated heterocycles. The van der Waals surface area contributed by atoms with Gasteiger partial charge in [-0.25, -0.2) is 0 Å². The summed E-state index contributed by atoms with van der Waals surface area (Å²) in [6.45, 7) is 1.39. The van der Waals surface area contributed by atoms with Gasteiger partial charge >= 0.3 is 25.0 Å². The Balaban J connectivity index is 2.85. The lowest BCUT2D eigenvalue weighted by Gasteiger charge is -2.23. The summed E-state index contributed by atoms with van der Waals surface area (Å²) in [5.41, 5.74) is -5.13. The normalized spacial score (nSPS) is 22.9. The van der Waals surface area contributed by atoms with E-state index in [0.29, 0.717) is 6.54 Å². The Labute approximate surface area is 106 Å². The van der Waals surface area contributed by atoms with Crippen LogP contribution in [0.25, 0.3) is 0 Å². The number of hydrogen-bond acceptors (Lipinski definition) is 6. The van der Waals surface area contributed by atoms with Gasteiger partial charge in [-0.1, -0.05) is 0 Å². The van der Waals surface area contributed by atoms with Gasteiger partial charge in [-0.15, -0.1) is 0 Å². The Bertz CT molecular complexity index is 498. The Morgan fingerprint density at radius 3 is 2.11 bits per heavy atom. The summed E-state index contributed by atoms with van der Waals surface area (Å²) in [5.74, 6) is -0.0180. The van der Waals surface area contributed by atoms with Gasteiger partial charge in [0.2, 0.25) is 0 Å². The summed E-state index contributed by atoms with van der Waals surface area (Å²) in [5, 5.41) is 3.03. The molecule has 0 spiro atoms. The summed E-state index contributed by atoms with van der Waals surface area (Å²) >= 11 is 0. The van der Waals surface area contributed by atoms with Gasteiger partial charge in [0.05, 0.1) is 0 Å². The van der Waals surface area contributed by atoms with Crippen LogP contribution in [0.2, 0.25) is 0 Å². The maximum atomic E-state index is 11.8. The topological polar surface area (TPSA) is 138 Å². The molecule has 108 valence electrons. The van der Waals surface area contributed by atoms with Crippen LogP contribution in [-0.2, 0) is 24.0 Å². The molecular weight excluding hydrogens is 305 g/mol. The van der Waals surface area contributed by atoms with Crippen molar-refractivity contribution in [1.29, 1.82) is 0 Å². The minimum atomic E-state index is -5.33. The molecule has 1 atom stereocenters. The van der Waals surface area contributed by atoms with Crippen molar-refractivity contribution in [1.82, 2.24) is 5.32 Å². The Morgan fingerprint density at radius 2 is 1.72 bits per heavy atom. The largest absolute Gasteiger partial charge is 0.357 e. The molecule has 0 amide bonds. The fraction of sp³-hybridized carbons (Fsp3) is 1.00. The molecule has 0 aliphatic carbocycles. The van der Waals surface area contributed by atoms with Crippen LogP contribution in [0.3, 0.4) is 0 Å². The summed E-state index contributed by atoms with van der Waals surface area (Å²) < 4.78 is 73.0. The van der Waals surface area contributed by atoms with Crippen molar-refractivity contribution in [3.8, 4) is 0 Å². The molecule has 0 aromatic rings. The van der Waals surface area contributed by atoms with E-state index in [-0.39, 0.29) is 12.3 Å². The summed E-state index contributed by atoms with van der Waals surface area (Å²) in [6, 6.07) is 0. The SMILES string of the molecule is O=P(CCC1CCCNC1)(S(=O)(=O)O)S(=O)(=O)O. The molecular formula is C7H16NO7PS2. The van der Waals surface area contributed by atoms with Crippen molar-refractivity contribution in [2.45, 2.75) is 19.3 Å². The smallest absolute Gasteiger partial charge is 0.316 e. The minimum Gasteiger partial charge on any atom is -0.316 e. The third kappa shape index (κ3) is 3.52. The van der Waals surface area contributed by atoms with E-state index in [1.807, 2.05) is 0 Å². The first-order chi connectivity index (χ1) is 8.08. The molecule has 1 heterocycles. The third-order valence-corrected chi connectivity index (χ3v) is 13.8. The molecule has 1 aliphatic rings. The standard InChI is InChI=1S/C7H16NO7PS2/c9-16(17(10,11)12,18(13,14)15)5-3-7-2-1-4-8-6-7/h7-8H,1-6H2,(H,10,11,12)(H,13,14,15). The van der Waals surface area contributed by atoms with Crippen LogP contribution in [0.15, 0.2) is 0 Å². The molecule has 0 radical (unpaired) electrons. The first-order valence-corrected chi connectivity index (χ1v) is 11.3. The third-order valence-electron chi connectivity index (χ3n) is 2.91. The highest BCUT2D eigenvalue weighted by Crippen LogP contribution is 2.57. The molecule has 18 heavy (non-hydrogen) atoms. The van der Waals surface area contributed by atoms with E-state index in [1.165, 1.54) is 0 Å². The number of rotatable bonds is 5. The molecule has 0 aromatic carbocycles. The van der Waals surface area contributed by atoms with E-state index in [4.69, 9.17) is 9.11 Å². The van der Waals surface area contributed by atoms with Crippen molar-refractivity contribution in [3.63, 3.8) is 0 Å². The van der Waals surface area contributed by atoms with E-state index in [0.717, 1.165) is 19.4 Å². The lowest BCUT2D eigenvalue weighted by molar-refractivity contribution is 0.369. The fourth-order valence-electron chi connectivity index (χ4n) is 1.86. The van der Waals surface area contributed by atoms with Gasteiger partial charge < -0.3 is 5.32 Å². The van der Waals surface area contributed by atoms with E-state index >= 15 is 0 Å². The molecule has 3 N–H and O–H groups in total. The predicted octanol–water partition coefficient (Wildman–Crippen LogP) is 0.345. The van der Waals surface area contributed by atoms with Crippen molar-refractivity contribution in [3.05, 3.63) is 0 Å². The zero-order valence-corrected chi connectivity index (χ0v) is 12.0. The Kier molecular flexibility index (Phi) is 4.96. The van der Waals surface area contributed by atoms with Crippen molar-refractivity contribution >= 4 is 25.0 Å². The van der Waals surface area contributed by atoms with Gasteiger partial charge in [0.1, 0.15) is 0 Å². The summed E-state index contributed by atoms with van der Waals surface area (Å²) in [6.07, 6.45) is 0.886. The summed E-state index contributed by atoms with van der Waals surface area (Å²) in [7, 11) is -10.7. The van der Waals surface area contributed by atoms with Crippen LogP contribution in [0.5, 0.6) is 0 Å². The Hall–Kier alpha value is 0.01000. The number of hydrogen-bond donors (Lipinski definition) is 3. The first kappa shape index (κ1) is 16.1. The van der Waals surface area contributed by atoms with Crippen LogP contribution in [0.1, 0.15) is 19.3 Å². The second kappa shape index (κ2) is 5.56. The highest BCUT2D eigenvalue weighted by atomic mass is 33.1. The zero-order chi connectivity index (χ0) is 14.0. The average Bonchev–Trinajstić information content (AvgIpc) is 2.24. The Morgan fingerprint density at radius 1 is 1.17 bits per heavy atom. The van der Waals surface area contributed by atoms with Crippen LogP contribution >= 0.6 is 5.55 Å². The van der Waals surface area contributed by atoms with Gasteiger partial charge in [0, 0.05) is 6.16 Å². The molecule has 8 nitrogen and oxygen atoms in total. The second-order valence-corrected chi connectivity index (χ2v) is 14.7. The van der Waals surface area contributed by atoms with Gasteiger partial charge in [-0.2, -0.15) is 16.8 Å². The maximum absolute atomic E-state index is 11.8. The average molecular weight is 321 g/mol. The molecule has 0 saturated carbocycles. The lowest BCUT2D eigenvalue weighted by Crippen LogP contribution is -2.30. The second-order valence-electron chi connectivity index (χ2n) is 4.23. The first-order valence-electron chi connectivity index (χ1n) is 5.33. The fourth-order valence-corrected chi connectivity index (χ4v) is 8.12. The lowest BCUT2D eigenvalue weighted by atomic mass is 9.97. The van der Waals surface area contributed by atoms with E-state index < -0.39 is 31.2 Å². The highest BCUT2D eigenvalue weighted by molar-refractivity contribution is 8.82. The minimum absolute atomic E-state index is 0.0180. The van der Waals surface area contributed by atoms with Gasteiger partial charge in [0.15, 0.2) is 0 Å². The molecule has 0 bridgehead atoms. The van der Waals surface area contributed by atoms with Crippen LogP contribution in [0, 0.1) is 5.92 Å². The number of nitrogens with one attached hydrogen (secondary N) is 1. The van der Waals surface area contributed by atoms with Gasteiger partial charge in [0.25, 0.3) is 0 Å². The van der Waals surface area contributed by atoms with Gasteiger partial charge in [-0.3, -0.25) is 13.7 Å². The van der Waals surface area contributed by atoms with Crippen molar-refractivity contribution in [2.24, 2.45) is 5.92 Å². The maximum Gasteiger partial charge on any atom is 0.357 e. The molecule has 1 fully saturated rings. The molecule has 1 rings (SSSR count). The van der Waals surface area contributed by atoms with E-state index in [9.17, 15) is 21.4 Å². The quantitative estimate of drug-likeness (QED) is 0.487. The van der Waals surface area contributed by atoms with Crippen LogP contribution in [0.4, 0.5) is 0 Å². The van der Waals surface area contributed by atoms with Crippen LogP contribution in [-0.4, -0.2) is 45.2 Å². The molecule has 1 aliphatic heterocycles. The summed E-state index contributed by atoms with van der Waals surface area (Å²) in [4.78, 5) is 0. The molecule has 11 heteroatoms. The van der Waals surface area contributed by atoms with E-state index in [1.54, 1.807) is 0 Å². The monoisotopic (exact) mass is 321 g/mol. The van der Waals surface area contributed by atoms with Crippen molar-refractivity contribution < 1.29 is 30.5 Å². The zero-order valence-electron chi connectivity index (χ0n) is 9.52. The number of piperidine rings is 1. The van der Waals surface area contributed by atoms with E-state index in [2.05, 4.69) is 5.32 Å². The molecule has 1 unspecified atom stereocenters. The van der Waals surface area contributed by atoms with Crippen LogP contribution < -0.4 is 5.32 Å². The van der Waals surface area contributed by atoms with Crippen molar-refractivity contribution in [2.75, 3.05) is 19.3 Å². The van der Waals surface area contributed by atoms with Gasteiger partial charge in [-0.05, 0) is 38.3 Å². The molecule has 0 aromatic heterocycles.